The van der Waals surface area contributed by atoms with E-state index in [0.717, 1.165) is 52.4 Å². The number of piperazine rings is 4. The predicted molar refractivity (Wildman–Crippen MR) is 241 cm³/mol. The van der Waals surface area contributed by atoms with Gasteiger partial charge in [-0.1, -0.05) is 0 Å². The Labute approximate surface area is 408 Å². The van der Waals surface area contributed by atoms with Crippen molar-refractivity contribution in [2.24, 2.45) is 0 Å². The van der Waals surface area contributed by atoms with Gasteiger partial charge in [-0.05, 0) is 0 Å². The molecule has 0 aliphatic carbocycles. The van der Waals surface area contributed by atoms with Crippen molar-refractivity contribution < 1.29 is 85.8 Å². The van der Waals surface area contributed by atoms with E-state index in [0.29, 0.717) is 91.6 Å². The third kappa shape index (κ3) is 26.8. The summed E-state index contributed by atoms with van der Waals surface area (Å²) in [6.45, 7) is 11.8. The molecular formula is C44H72N8O18. The second-order valence-electron chi connectivity index (χ2n) is 16.8. The molecule has 0 amide bonds. The van der Waals surface area contributed by atoms with Gasteiger partial charge >= 0.3 is 53.7 Å². The van der Waals surface area contributed by atoms with E-state index in [1.807, 2.05) is 0 Å². The van der Waals surface area contributed by atoms with Gasteiger partial charge in [0.25, 0.3) is 0 Å². The van der Waals surface area contributed by atoms with E-state index in [1.165, 1.54) is 0 Å². The van der Waals surface area contributed by atoms with Crippen molar-refractivity contribution in [3.63, 3.8) is 0 Å². The maximum Gasteiger partial charge on any atom is 0.344 e. The Hall–Kier alpha value is -5.09. The number of rotatable bonds is 31. The van der Waals surface area contributed by atoms with Crippen molar-refractivity contribution in [2.75, 3.05) is 191 Å². The van der Waals surface area contributed by atoms with Crippen molar-refractivity contribution >= 4 is 53.7 Å². The van der Waals surface area contributed by atoms with E-state index in [-0.39, 0.29) is 51.7 Å². The van der Waals surface area contributed by atoms with Crippen LogP contribution in [0.25, 0.3) is 0 Å². The molecule has 0 aromatic heterocycles. The summed E-state index contributed by atoms with van der Waals surface area (Å²) >= 11 is 0. The molecule has 4 aliphatic rings. The number of carbonyl (C=O) groups excluding carboxylic acids is 9. The fourth-order valence-corrected chi connectivity index (χ4v) is 7.45. The minimum atomic E-state index is -0.957. The van der Waals surface area contributed by atoms with Crippen LogP contribution in [0.1, 0.15) is 38.5 Å². The molecule has 70 heavy (non-hydrogen) atoms. The van der Waals surface area contributed by atoms with Crippen LogP contribution in [0.2, 0.25) is 0 Å². The molecule has 0 aromatic carbocycles. The van der Waals surface area contributed by atoms with Crippen LogP contribution >= 0.6 is 0 Å². The molecular weight excluding hydrogens is 929 g/mol. The highest BCUT2D eigenvalue weighted by Crippen LogP contribution is 2.07. The first-order chi connectivity index (χ1) is 33.9. The molecule has 0 saturated carbocycles. The van der Waals surface area contributed by atoms with Crippen LogP contribution in [0.4, 0.5) is 0 Å². The summed E-state index contributed by atoms with van der Waals surface area (Å²) < 4.78 is 44.6. The fourth-order valence-electron chi connectivity index (χ4n) is 7.45. The Kier molecular flexibility index (Phi) is 28.1. The van der Waals surface area contributed by atoms with Gasteiger partial charge < -0.3 is 82.7 Å². The summed E-state index contributed by atoms with van der Waals surface area (Å²) in [4.78, 5) is 121. The maximum atomic E-state index is 12.2. The van der Waals surface area contributed by atoms with Crippen molar-refractivity contribution in [3.05, 3.63) is 0 Å². The molecule has 0 aromatic rings. The number of esters is 9. The van der Waals surface area contributed by atoms with E-state index in [4.69, 9.17) is 42.6 Å². The lowest BCUT2D eigenvalue weighted by molar-refractivity contribution is -0.169. The van der Waals surface area contributed by atoms with Crippen LogP contribution in [0.5, 0.6) is 0 Å². The fraction of sp³-hybridized carbons (Fsp3) is 0.795. The minimum absolute atomic E-state index is 0.0252. The number of hydrogen-bond acceptors (Lipinski definition) is 26. The van der Waals surface area contributed by atoms with Gasteiger partial charge in [-0.2, -0.15) is 0 Å². The number of nitrogens with one attached hydrogen (secondary N) is 2. The first-order valence-corrected chi connectivity index (χ1v) is 24.1. The normalized spacial score (nSPS) is 17.7. The molecule has 396 valence electrons. The molecule has 0 unspecified atom stereocenters. The lowest BCUT2D eigenvalue weighted by Gasteiger charge is -2.34. The third-order valence-corrected chi connectivity index (χ3v) is 11.7. The molecule has 4 heterocycles. The number of carbonyl (C=O) groups is 9. The molecule has 4 rings (SSSR count). The van der Waals surface area contributed by atoms with Gasteiger partial charge in [-0.3, -0.25) is 28.8 Å². The predicted octanol–water partition coefficient (Wildman–Crippen LogP) is -3.82. The van der Waals surface area contributed by atoms with E-state index in [9.17, 15) is 43.2 Å². The van der Waals surface area contributed by atoms with Gasteiger partial charge in [-0.15, -0.1) is 0 Å². The van der Waals surface area contributed by atoms with E-state index >= 15 is 0 Å². The van der Waals surface area contributed by atoms with Crippen molar-refractivity contribution in [1.82, 2.24) is 40.0 Å². The number of nitrogens with zero attached hydrogens (tertiary/aromatic N) is 6. The quantitative estimate of drug-likeness (QED) is 0.0291. The number of hydrogen-bond donors (Lipinski definition) is 2. The standard InChI is InChI=1S/C44H72N8O18/c53-36(1-13-49-21-25-51(26-22-49)15-5-40(57)69-34-67-38(55)3-11-47-17-7-45-8-18-47)64-31-42(59)62-29-30-63-43(60)32-66-44(61)33-65-37(54)2-14-50-23-27-52(28-24-50)16-6-41(58)70-35-68-39(56)4-12-48-19-9-46-10-20-48/h45-46H,1-35H2. The van der Waals surface area contributed by atoms with Crippen molar-refractivity contribution in [1.29, 1.82) is 0 Å². The molecule has 26 heteroatoms. The zero-order valence-corrected chi connectivity index (χ0v) is 40.3. The Bertz CT molecular complexity index is 1650. The van der Waals surface area contributed by atoms with Crippen molar-refractivity contribution in [2.45, 2.75) is 38.5 Å². The van der Waals surface area contributed by atoms with Crippen LogP contribution in [0.3, 0.4) is 0 Å². The third-order valence-electron chi connectivity index (χ3n) is 11.7. The van der Waals surface area contributed by atoms with Crippen molar-refractivity contribution in [3.8, 4) is 0 Å². The Morgan fingerprint density at radius 1 is 0.271 bits per heavy atom. The molecule has 4 fully saturated rings. The smallest absolute Gasteiger partial charge is 0.344 e. The first kappa shape index (κ1) is 57.5. The van der Waals surface area contributed by atoms with Crippen LogP contribution in [-0.4, -0.2) is 274 Å². The molecule has 0 spiro atoms. The summed E-state index contributed by atoms with van der Waals surface area (Å²) in [6, 6.07) is 0. The average molecular weight is 1000 g/mol. The van der Waals surface area contributed by atoms with Crippen LogP contribution in [0.15, 0.2) is 0 Å². The first-order valence-electron chi connectivity index (χ1n) is 24.1. The summed E-state index contributed by atoms with van der Waals surface area (Å²) in [5.41, 5.74) is 0. The Morgan fingerprint density at radius 3 is 0.757 bits per heavy atom. The highest BCUT2D eigenvalue weighted by molar-refractivity contribution is 5.79. The molecule has 2 N–H and O–H groups in total. The largest absolute Gasteiger partial charge is 0.460 e. The summed E-state index contributed by atoms with van der Waals surface area (Å²) in [5, 5.41) is 6.50. The zero-order chi connectivity index (χ0) is 50.2. The van der Waals surface area contributed by atoms with Gasteiger partial charge in [0.05, 0.1) is 38.5 Å². The summed E-state index contributed by atoms with van der Waals surface area (Å²) in [5.74, 6) is -5.68. The lowest BCUT2D eigenvalue weighted by atomic mass is 10.2. The average Bonchev–Trinajstić information content (AvgIpc) is 3.37. The highest BCUT2D eigenvalue weighted by atomic mass is 16.7. The highest BCUT2D eigenvalue weighted by Gasteiger charge is 2.22. The topological polar surface area (TPSA) is 280 Å². The maximum absolute atomic E-state index is 12.2. The van der Waals surface area contributed by atoms with Gasteiger partial charge in [0.15, 0.2) is 19.8 Å². The van der Waals surface area contributed by atoms with Gasteiger partial charge in [0.1, 0.15) is 13.2 Å². The second kappa shape index (κ2) is 34.3. The molecule has 0 bridgehead atoms. The van der Waals surface area contributed by atoms with E-state index in [2.05, 4.69) is 40.0 Å². The SMILES string of the molecule is O=C(CCN1CCNCC1)OCOC(=O)CCN1CCN(CCC(=O)OCC(=O)OCCOC(=O)COC(=O)COC(=O)CCN2CCN(CCC(=O)OCOC(=O)CCN3CCNCC3)CC2)CC1. The van der Waals surface area contributed by atoms with Gasteiger partial charge in [0.2, 0.25) is 13.6 Å². The Morgan fingerprint density at radius 2 is 0.486 bits per heavy atom. The van der Waals surface area contributed by atoms with E-state index < -0.39 is 87.1 Å². The van der Waals surface area contributed by atoms with Crippen LogP contribution < -0.4 is 10.6 Å². The summed E-state index contributed by atoms with van der Waals surface area (Å²) in [6.07, 6.45) is 0.846. The van der Waals surface area contributed by atoms with Gasteiger partial charge in [0, 0.05) is 144 Å². The number of ether oxygens (including phenoxy) is 9. The van der Waals surface area contributed by atoms with Crippen LogP contribution in [0, 0.1) is 0 Å². The summed E-state index contributed by atoms with van der Waals surface area (Å²) in [7, 11) is 0. The van der Waals surface area contributed by atoms with E-state index in [1.54, 1.807) is 0 Å². The lowest BCUT2D eigenvalue weighted by Crippen LogP contribution is -2.47. The minimum Gasteiger partial charge on any atom is -0.460 e. The zero-order valence-electron chi connectivity index (χ0n) is 40.3. The van der Waals surface area contributed by atoms with Crippen LogP contribution in [-0.2, 0) is 85.8 Å². The molecule has 0 radical (unpaired) electrons. The van der Waals surface area contributed by atoms with Gasteiger partial charge in [-0.25, -0.2) is 14.4 Å². The Balaban J connectivity index is 0.884. The second-order valence-corrected chi connectivity index (χ2v) is 16.8. The monoisotopic (exact) mass is 1000 g/mol. The molecule has 4 aliphatic heterocycles. The molecule has 26 nitrogen and oxygen atoms in total. The molecule has 4 saturated heterocycles. The molecule has 0 atom stereocenters.